The van der Waals surface area contributed by atoms with Crippen LogP contribution in [0.4, 0.5) is 5.69 Å². The first-order valence-corrected chi connectivity index (χ1v) is 7.09. The van der Waals surface area contributed by atoms with Gasteiger partial charge in [-0.2, -0.15) is 5.10 Å². The van der Waals surface area contributed by atoms with Crippen molar-refractivity contribution in [3.63, 3.8) is 0 Å². The number of aryl methyl sites for hydroxylation is 4. The monoisotopic (exact) mass is 293 g/mol. The molecule has 0 atom stereocenters. The molecule has 0 bridgehead atoms. The fraction of sp³-hybridized carbons (Fsp3) is 0.400. The number of nitrogen functional groups attached to an aromatic ring is 1. The fourth-order valence-corrected chi connectivity index (χ4v) is 2.53. The van der Waals surface area contributed by atoms with Gasteiger partial charge in [-0.1, -0.05) is 18.5 Å². The molecule has 4 nitrogen and oxygen atoms in total. The molecule has 108 valence electrons. The Kier molecular flexibility index (Phi) is 4.23. The molecule has 0 aliphatic heterocycles. The minimum absolute atomic E-state index is 0.590. The minimum atomic E-state index is 0.590. The number of nitrogens with zero attached hydrogens (tertiary/aromatic N) is 2. The van der Waals surface area contributed by atoms with Crippen molar-refractivity contribution in [1.29, 1.82) is 0 Å². The third kappa shape index (κ3) is 2.75. The third-order valence-corrected chi connectivity index (χ3v) is 3.40. The number of nitrogens with two attached hydrogens (primary N) is 1. The highest BCUT2D eigenvalue weighted by Crippen LogP contribution is 2.35. The highest BCUT2D eigenvalue weighted by atomic mass is 35.5. The average molecular weight is 294 g/mol. The summed E-state index contributed by atoms with van der Waals surface area (Å²) in [6, 6.07) is 3.76. The van der Waals surface area contributed by atoms with Crippen molar-refractivity contribution in [3.05, 3.63) is 34.0 Å². The number of hydrogen-bond donors (Lipinski definition) is 1. The van der Waals surface area contributed by atoms with Crippen molar-refractivity contribution in [2.75, 3.05) is 5.73 Å². The second-order valence-electron chi connectivity index (χ2n) is 5.00. The van der Waals surface area contributed by atoms with Crippen LogP contribution in [0.1, 0.15) is 30.2 Å². The second-order valence-corrected chi connectivity index (χ2v) is 5.43. The van der Waals surface area contributed by atoms with Gasteiger partial charge in [0.15, 0.2) is 0 Å². The first kappa shape index (κ1) is 14.7. The Morgan fingerprint density at radius 1 is 1.25 bits per heavy atom. The van der Waals surface area contributed by atoms with Gasteiger partial charge in [-0.3, -0.25) is 0 Å². The summed E-state index contributed by atoms with van der Waals surface area (Å²) in [5.41, 5.74) is 9.42. The van der Waals surface area contributed by atoms with Gasteiger partial charge in [0.25, 0.3) is 0 Å². The molecule has 0 fully saturated rings. The van der Waals surface area contributed by atoms with Crippen LogP contribution in [0.2, 0.25) is 5.02 Å². The predicted octanol–water partition coefficient (Wildman–Crippen LogP) is 4.25. The van der Waals surface area contributed by atoms with Crippen LogP contribution in [0.15, 0.2) is 12.1 Å². The molecule has 1 aromatic carbocycles. The number of anilines is 1. The smallest absolute Gasteiger partial charge is 0.241 e. The Labute approximate surface area is 124 Å². The van der Waals surface area contributed by atoms with Crippen LogP contribution in [0, 0.1) is 20.8 Å². The van der Waals surface area contributed by atoms with E-state index in [9.17, 15) is 0 Å². The van der Waals surface area contributed by atoms with E-state index in [0.29, 0.717) is 16.6 Å². The molecule has 0 aliphatic carbocycles. The molecular formula is C15H20ClN3O. The molecule has 0 saturated carbocycles. The molecule has 20 heavy (non-hydrogen) atoms. The van der Waals surface area contributed by atoms with Crippen molar-refractivity contribution >= 4 is 17.3 Å². The lowest BCUT2D eigenvalue weighted by molar-refractivity contribution is 0.406. The number of hydrogen-bond acceptors (Lipinski definition) is 3. The number of benzene rings is 1. The molecule has 5 heteroatoms. The van der Waals surface area contributed by atoms with Crippen LogP contribution in [0.25, 0.3) is 0 Å². The van der Waals surface area contributed by atoms with Crippen molar-refractivity contribution < 1.29 is 4.74 Å². The van der Waals surface area contributed by atoms with Crippen molar-refractivity contribution in [2.45, 2.75) is 40.7 Å². The van der Waals surface area contributed by atoms with Crippen LogP contribution in [-0.2, 0) is 6.54 Å². The summed E-state index contributed by atoms with van der Waals surface area (Å²) in [4.78, 5) is 0. The van der Waals surface area contributed by atoms with Gasteiger partial charge in [0, 0.05) is 11.6 Å². The van der Waals surface area contributed by atoms with Crippen LogP contribution >= 0.6 is 11.6 Å². The Morgan fingerprint density at radius 3 is 2.40 bits per heavy atom. The summed E-state index contributed by atoms with van der Waals surface area (Å²) in [6.45, 7) is 8.69. The van der Waals surface area contributed by atoms with E-state index in [0.717, 1.165) is 35.5 Å². The Bertz CT molecular complexity index is 611. The Morgan fingerprint density at radius 2 is 1.85 bits per heavy atom. The van der Waals surface area contributed by atoms with Crippen LogP contribution in [0.5, 0.6) is 11.6 Å². The molecule has 0 amide bonds. The molecule has 2 aromatic rings. The molecule has 0 saturated heterocycles. The summed E-state index contributed by atoms with van der Waals surface area (Å²) >= 11 is 6.04. The van der Waals surface area contributed by atoms with Gasteiger partial charge in [0.05, 0.1) is 5.69 Å². The van der Waals surface area contributed by atoms with E-state index in [1.165, 1.54) is 0 Å². The third-order valence-electron chi connectivity index (χ3n) is 3.18. The maximum Gasteiger partial charge on any atom is 0.241 e. The quantitative estimate of drug-likeness (QED) is 0.917. The van der Waals surface area contributed by atoms with Crippen molar-refractivity contribution in [2.24, 2.45) is 0 Å². The molecular weight excluding hydrogens is 274 g/mol. The predicted molar refractivity (Wildman–Crippen MR) is 82.7 cm³/mol. The van der Waals surface area contributed by atoms with E-state index in [4.69, 9.17) is 22.1 Å². The molecule has 2 rings (SSSR count). The van der Waals surface area contributed by atoms with Gasteiger partial charge in [-0.15, -0.1) is 0 Å². The molecule has 0 unspecified atom stereocenters. The normalized spacial score (nSPS) is 10.8. The maximum atomic E-state index is 6.08. The lowest BCUT2D eigenvalue weighted by Gasteiger charge is -2.14. The molecule has 2 N–H and O–H groups in total. The maximum absolute atomic E-state index is 6.08. The fourth-order valence-electron chi connectivity index (χ4n) is 2.20. The first-order valence-electron chi connectivity index (χ1n) is 6.71. The summed E-state index contributed by atoms with van der Waals surface area (Å²) in [6.07, 6.45) is 0.968. The Balaban J connectivity index is 2.44. The number of ether oxygens (including phenoxy) is 1. The molecule has 1 aromatic heterocycles. The van der Waals surface area contributed by atoms with E-state index in [2.05, 4.69) is 12.0 Å². The molecule has 0 spiro atoms. The lowest BCUT2D eigenvalue weighted by Crippen LogP contribution is -2.04. The zero-order valence-electron chi connectivity index (χ0n) is 12.3. The molecule has 0 radical (unpaired) electrons. The van der Waals surface area contributed by atoms with E-state index < -0.39 is 0 Å². The summed E-state index contributed by atoms with van der Waals surface area (Å²) in [5, 5.41) is 5.12. The van der Waals surface area contributed by atoms with E-state index in [1.54, 1.807) is 0 Å². The van der Waals surface area contributed by atoms with Gasteiger partial charge in [0.2, 0.25) is 5.88 Å². The van der Waals surface area contributed by atoms with Crippen LogP contribution in [0.3, 0.4) is 0 Å². The van der Waals surface area contributed by atoms with E-state index >= 15 is 0 Å². The van der Waals surface area contributed by atoms with Crippen molar-refractivity contribution in [1.82, 2.24) is 9.78 Å². The zero-order chi connectivity index (χ0) is 14.9. The molecule has 0 aliphatic rings. The van der Waals surface area contributed by atoms with Gasteiger partial charge < -0.3 is 10.5 Å². The zero-order valence-corrected chi connectivity index (χ0v) is 13.1. The van der Waals surface area contributed by atoms with Crippen LogP contribution in [-0.4, -0.2) is 9.78 Å². The van der Waals surface area contributed by atoms with Gasteiger partial charge >= 0.3 is 0 Å². The van der Waals surface area contributed by atoms with Crippen LogP contribution < -0.4 is 10.5 Å². The van der Waals surface area contributed by atoms with Crippen molar-refractivity contribution in [3.8, 4) is 11.6 Å². The molecule has 1 heterocycles. The average Bonchev–Trinajstić information content (AvgIpc) is 2.61. The summed E-state index contributed by atoms with van der Waals surface area (Å²) in [7, 11) is 0. The SMILES string of the molecule is CCCn1nc(C)c(N)c1Oc1c(C)cc(Cl)cc1C. The van der Waals surface area contributed by atoms with E-state index in [1.807, 2.05) is 37.6 Å². The number of halogens is 1. The summed E-state index contributed by atoms with van der Waals surface area (Å²) < 4.78 is 7.86. The minimum Gasteiger partial charge on any atom is -0.437 e. The number of rotatable bonds is 4. The largest absolute Gasteiger partial charge is 0.437 e. The van der Waals surface area contributed by atoms with E-state index in [-0.39, 0.29) is 0 Å². The van der Waals surface area contributed by atoms with Gasteiger partial charge in [0.1, 0.15) is 11.4 Å². The number of aromatic nitrogens is 2. The second kappa shape index (κ2) is 5.75. The lowest BCUT2D eigenvalue weighted by atomic mass is 10.1. The topological polar surface area (TPSA) is 53.1 Å². The van der Waals surface area contributed by atoms with Gasteiger partial charge in [-0.25, -0.2) is 4.68 Å². The highest BCUT2D eigenvalue weighted by Gasteiger charge is 2.16. The Hall–Kier alpha value is -1.68. The highest BCUT2D eigenvalue weighted by molar-refractivity contribution is 6.30. The van der Waals surface area contributed by atoms with Gasteiger partial charge in [-0.05, 0) is 50.5 Å². The first-order chi connectivity index (χ1) is 9.43. The summed E-state index contributed by atoms with van der Waals surface area (Å²) in [5.74, 6) is 1.40. The standard InChI is InChI=1S/C15H20ClN3O/c1-5-6-19-15(13(17)11(4)18-19)20-14-9(2)7-12(16)8-10(14)3/h7-8H,5-6,17H2,1-4H3.